The van der Waals surface area contributed by atoms with Gasteiger partial charge in [0, 0.05) is 10.6 Å². The lowest BCUT2D eigenvalue weighted by Gasteiger charge is -2.22. The maximum absolute atomic E-state index is 5.90. The molecule has 0 amide bonds. The highest BCUT2D eigenvalue weighted by molar-refractivity contribution is 7.99. The second-order valence-electron chi connectivity index (χ2n) is 4.36. The zero-order valence-corrected chi connectivity index (χ0v) is 11.5. The van der Waals surface area contributed by atoms with Crippen LogP contribution in [0.4, 0.5) is 5.95 Å². The molecule has 2 aromatic heterocycles. The van der Waals surface area contributed by atoms with Gasteiger partial charge < -0.3 is 15.0 Å². The van der Waals surface area contributed by atoms with E-state index in [2.05, 4.69) is 25.3 Å². The third-order valence-corrected chi connectivity index (χ3v) is 4.06. The molecule has 0 spiro atoms. The molecule has 0 bridgehead atoms. The van der Waals surface area contributed by atoms with E-state index in [0.29, 0.717) is 17.4 Å². The minimum atomic E-state index is -0.261. The third-order valence-electron chi connectivity index (χ3n) is 2.94. The Kier molecular flexibility index (Phi) is 2.78. The van der Waals surface area contributed by atoms with Crippen molar-refractivity contribution in [1.82, 2.24) is 25.3 Å². The predicted octanol–water partition coefficient (Wildman–Crippen LogP) is 1.66. The Morgan fingerprint density at radius 3 is 3.05 bits per heavy atom. The summed E-state index contributed by atoms with van der Waals surface area (Å²) in [6.45, 7) is 0. The number of nitrogens with one attached hydrogen (secondary N) is 1. The molecular formula is C12H10N6O2S. The molecule has 1 atom stereocenters. The molecule has 3 heterocycles. The lowest BCUT2D eigenvalue weighted by atomic mass is 10.3. The molecule has 1 aromatic carbocycles. The van der Waals surface area contributed by atoms with Crippen molar-refractivity contribution in [2.45, 2.75) is 11.0 Å². The number of hydrogen-bond donors (Lipinski definition) is 2. The number of H-pyrrole nitrogens is 1. The van der Waals surface area contributed by atoms with Crippen molar-refractivity contribution in [3.8, 4) is 17.5 Å². The number of aromatic amines is 1. The van der Waals surface area contributed by atoms with E-state index in [1.165, 1.54) is 0 Å². The highest BCUT2D eigenvalue weighted by Gasteiger charge is 2.26. The summed E-state index contributed by atoms with van der Waals surface area (Å²) in [4.78, 5) is 9.34. The van der Waals surface area contributed by atoms with E-state index < -0.39 is 0 Å². The number of benzene rings is 1. The lowest BCUT2D eigenvalue weighted by molar-refractivity contribution is 0.205. The van der Waals surface area contributed by atoms with Crippen molar-refractivity contribution < 1.29 is 9.26 Å². The van der Waals surface area contributed by atoms with Crippen LogP contribution in [0.2, 0.25) is 0 Å². The summed E-state index contributed by atoms with van der Waals surface area (Å²) in [7, 11) is 0. The molecule has 0 radical (unpaired) electrons. The van der Waals surface area contributed by atoms with Crippen LogP contribution in [-0.2, 0) is 0 Å². The number of hydrogen-bond acceptors (Lipinski definition) is 8. The van der Waals surface area contributed by atoms with E-state index in [4.69, 9.17) is 15.0 Å². The first-order valence-corrected chi connectivity index (χ1v) is 7.18. The molecule has 0 fully saturated rings. The van der Waals surface area contributed by atoms with Gasteiger partial charge in [-0.25, -0.2) is 0 Å². The molecule has 4 rings (SSSR count). The Balaban J connectivity index is 1.60. The summed E-state index contributed by atoms with van der Waals surface area (Å²) in [6.07, 6.45) is -0.261. The maximum Gasteiger partial charge on any atom is 0.295 e. The van der Waals surface area contributed by atoms with Crippen molar-refractivity contribution in [2.24, 2.45) is 0 Å². The van der Waals surface area contributed by atoms with Crippen LogP contribution >= 0.6 is 11.8 Å². The van der Waals surface area contributed by atoms with Crippen LogP contribution in [0, 0.1) is 0 Å². The van der Waals surface area contributed by atoms with Crippen LogP contribution in [0.25, 0.3) is 11.7 Å². The number of thioether (sulfide) groups is 1. The van der Waals surface area contributed by atoms with Crippen LogP contribution in [-0.4, -0.2) is 31.1 Å². The third kappa shape index (κ3) is 2.21. The predicted molar refractivity (Wildman–Crippen MR) is 74.6 cm³/mol. The van der Waals surface area contributed by atoms with Gasteiger partial charge in [0.15, 0.2) is 6.10 Å². The molecule has 0 saturated heterocycles. The molecular weight excluding hydrogens is 292 g/mol. The fourth-order valence-electron chi connectivity index (χ4n) is 1.98. The van der Waals surface area contributed by atoms with Crippen LogP contribution in [0.5, 0.6) is 5.75 Å². The number of anilines is 1. The summed E-state index contributed by atoms with van der Waals surface area (Å²) in [5.74, 6) is 2.73. The number of nitrogens with two attached hydrogens (primary N) is 1. The molecule has 8 nitrogen and oxygen atoms in total. The maximum atomic E-state index is 5.90. The molecule has 1 aliphatic heterocycles. The average Bonchev–Trinajstić information content (AvgIpc) is 3.15. The van der Waals surface area contributed by atoms with Gasteiger partial charge in [0.2, 0.25) is 17.6 Å². The number of nitrogens with zero attached hydrogens (tertiary/aromatic N) is 4. The molecule has 1 unspecified atom stereocenters. The molecule has 106 valence electrons. The summed E-state index contributed by atoms with van der Waals surface area (Å²) in [6, 6.07) is 7.86. The fourth-order valence-corrected chi connectivity index (χ4v) is 2.96. The minimum Gasteiger partial charge on any atom is -0.480 e. The van der Waals surface area contributed by atoms with Gasteiger partial charge in [-0.1, -0.05) is 17.3 Å². The van der Waals surface area contributed by atoms with Gasteiger partial charge in [0.25, 0.3) is 5.89 Å². The fraction of sp³-hybridized carbons (Fsp3) is 0.167. The standard InChI is InChI=1S/C12H10N6O2S/c13-12-15-10(16-17-12)11-14-9(18-20-11)7-5-21-8-4-2-1-3-6(8)19-7/h1-4,7H,5H2,(H3,13,15,16,17). The highest BCUT2D eigenvalue weighted by Crippen LogP contribution is 2.39. The van der Waals surface area contributed by atoms with E-state index >= 15 is 0 Å². The summed E-state index contributed by atoms with van der Waals surface area (Å²) in [5.41, 5.74) is 5.45. The van der Waals surface area contributed by atoms with Gasteiger partial charge in [0.1, 0.15) is 5.75 Å². The number of fused-ring (bicyclic) bond motifs is 1. The van der Waals surface area contributed by atoms with Gasteiger partial charge in [-0.15, -0.1) is 16.9 Å². The molecule has 9 heteroatoms. The summed E-state index contributed by atoms with van der Waals surface area (Å²) < 4.78 is 11.1. The largest absolute Gasteiger partial charge is 0.480 e. The van der Waals surface area contributed by atoms with Crippen molar-refractivity contribution >= 4 is 17.7 Å². The number of aromatic nitrogens is 5. The molecule has 3 N–H and O–H groups in total. The van der Waals surface area contributed by atoms with Gasteiger partial charge in [-0.3, -0.25) is 5.10 Å². The van der Waals surface area contributed by atoms with Gasteiger partial charge in [-0.2, -0.15) is 9.97 Å². The Hall–Kier alpha value is -2.55. The Morgan fingerprint density at radius 2 is 2.19 bits per heavy atom. The van der Waals surface area contributed by atoms with E-state index in [-0.39, 0.29) is 17.9 Å². The molecule has 0 saturated carbocycles. The lowest BCUT2D eigenvalue weighted by Crippen LogP contribution is -2.16. The van der Waals surface area contributed by atoms with E-state index in [1.54, 1.807) is 11.8 Å². The van der Waals surface area contributed by atoms with Gasteiger partial charge >= 0.3 is 0 Å². The minimum absolute atomic E-state index is 0.128. The van der Waals surface area contributed by atoms with E-state index in [1.807, 2.05) is 24.3 Å². The summed E-state index contributed by atoms with van der Waals surface area (Å²) >= 11 is 1.70. The Morgan fingerprint density at radius 1 is 1.29 bits per heavy atom. The van der Waals surface area contributed by atoms with E-state index in [9.17, 15) is 0 Å². The SMILES string of the molecule is Nc1n[nH]c(-c2nc(C3CSc4ccccc4O3)no2)n1. The van der Waals surface area contributed by atoms with Gasteiger partial charge in [-0.05, 0) is 12.1 Å². The molecule has 1 aliphatic rings. The zero-order chi connectivity index (χ0) is 14.2. The first kappa shape index (κ1) is 12.2. The van der Waals surface area contributed by atoms with Crippen LogP contribution < -0.4 is 10.5 Å². The topological polar surface area (TPSA) is 116 Å². The van der Waals surface area contributed by atoms with Crippen molar-refractivity contribution in [3.05, 3.63) is 30.1 Å². The number of para-hydroxylation sites is 1. The number of nitrogen functional groups attached to an aromatic ring is 1. The zero-order valence-electron chi connectivity index (χ0n) is 10.7. The molecule has 0 aliphatic carbocycles. The normalized spacial score (nSPS) is 17.2. The monoisotopic (exact) mass is 302 g/mol. The first-order valence-electron chi connectivity index (χ1n) is 6.20. The Bertz CT molecular complexity index is 785. The molecule has 3 aromatic rings. The second-order valence-corrected chi connectivity index (χ2v) is 5.43. The average molecular weight is 302 g/mol. The number of ether oxygens (including phenoxy) is 1. The van der Waals surface area contributed by atoms with Crippen LogP contribution in [0.1, 0.15) is 11.9 Å². The quantitative estimate of drug-likeness (QED) is 0.734. The van der Waals surface area contributed by atoms with Crippen molar-refractivity contribution in [2.75, 3.05) is 11.5 Å². The Labute approximate surface area is 123 Å². The number of rotatable bonds is 2. The van der Waals surface area contributed by atoms with Crippen LogP contribution in [0.15, 0.2) is 33.7 Å². The smallest absolute Gasteiger partial charge is 0.295 e. The highest BCUT2D eigenvalue weighted by atomic mass is 32.2. The van der Waals surface area contributed by atoms with Crippen molar-refractivity contribution in [1.29, 1.82) is 0 Å². The molecule has 21 heavy (non-hydrogen) atoms. The summed E-state index contributed by atoms with van der Waals surface area (Å²) in [5, 5.41) is 10.3. The van der Waals surface area contributed by atoms with Crippen LogP contribution in [0.3, 0.4) is 0 Å². The first-order chi connectivity index (χ1) is 10.3. The second kappa shape index (κ2) is 4.77. The van der Waals surface area contributed by atoms with E-state index in [0.717, 1.165) is 10.6 Å². The van der Waals surface area contributed by atoms with Crippen molar-refractivity contribution in [3.63, 3.8) is 0 Å². The van der Waals surface area contributed by atoms with Gasteiger partial charge in [0.05, 0.1) is 0 Å².